The molecule has 1 saturated carbocycles. The first-order valence-corrected chi connectivity index (χ1v) is 7.75. The standard InChI is InChI=1S/C15H17IN4/c1-20(2)11-7-5-10(6-8-11)15-18-13(9-3-4-9)12(16)14(17)19-15/h5-9H,3-4H2,1-2H3,(H2,17,18,19). The molecule has 0 aliphatic heterocycles. The average molecular weight is 380 g/mol. The highest BCUT2D eigenvalue weighted by atomic mass is 127. The third kappa shape index (κ3) is 2.59. The quantitative estimate of drug-likeness (QED) is 0.831. The molecule has 0 atom stereocenters. The largest absolute Gasteiger partial charge is 0.383 e. The van der Waals surface area contributed by atoms with Crippen molar-refractivity contribution in [3.8, 4) is 11.4 Å². The topological polar surface area (TPSA) is 55.0 Å². The van der Waals surface area contributed by atoms with Crippen LogP contribution < -0.4 is 10.6 Å². The molecule has 1 aliphatic rings. The number of nitrogens with zero attached hydrogens (tertiary/aromatic N) is 3. The molecular formula is C15H17IN4. The van der Waals surface area contributed by atoms with E-state index in [1.54, 1.807) is 0 Å². The van der Waals surface area contributed by atoms with Gasteiger partial charge in [-0.25, -0.2) is 9.97 Å². The molecule has 0 amide bonds. The van der Waals surface area contributed by atoms with Crippen molar-refractivity contribution in [3.05, 3.63) is 33.5 Å². The van der Waals surface area contributed by atoms with Gasteiger partial charge >= 0.3 is 0 Å². The molecule has 0 unspecified atom stereocenters. The van der Waals surface area contributed by atoms with Gasteiger partial charge in [0.1, 0.15) is 5.82 Å². The summed E-state index contributed by atoms with van der Waals surface area (Å²) >= 11 is 2.25. The Balaban J connectivity index is 2.01. The lowest BCUT2D eigenvalue weighted by atomic mass is 10.1. The molecule has 1 aromatic carbocycles. The maximum Gasteiger partial charge on any atom is 0.161 e. The van der Waals surface area contributed by atoms with Gasteiger partial charge in [0, 0.05) is 31.3 Å². The summed E-state index contributed by atoms with van der Waals surface area (Å²) < 4.78 is 1.01. The van der Waals surface area contributed by atoms with E-state index in [0.29, 0.717) is 11.7 Å². The van der Waals surface area contributed by atoms with Crippen LogP contribution in [0.25, 0.3) is 11.4 Å². The third-order valence-electron chi connectivity index (χ3n) is 3.51. The fourth-order valence-electron chi connectivity index (χ4n) is 2.15. The second kappa shape index (κ2) is 5.20. The van der Waals surface area contributed by atoms with Crippen LogP contribution in [0.2, 0.25) is 0 Å². The van der Waals surface area contributed by atoms with Gasteiger partial charge in [0.15, 0.2) is 5.82 Å². The van der Waals surface area contributed by atoms with Crippen LogP contribution in [0.4, 0.5) is 11.5 Å². The monoisotopic (exact) mass is 380 g/mol. The fraction of sp³-hybridized carbons (Fsp3) is 0.333. The number of nitrogen functional groups attached to an aromatic ring is 1. The van der Waals surface area contributed by atoms with Crippen molar-refractivity contribution in [2.45, 2.75) is 18.8 Å². The predicted octanol–water partition coefficient (Wildman–Crippen LogP) is 3.27. The van der Waals surface area contributed by atoms with E-state index in [4.69, 9.17) is 10.7 Å². The second-order valence-electron chi connectivity index (χ2n) is 5.35. The van der Waals surface area contributed by atoms with Crippen LogP contribution in [0.3, 0.4) is 0 Å². The average Bonchev–Trinajstić information content (AvgIpc) is 3.26. The zero-order valence-corrected chi connectivity index (χ0v) is 13.8. The van der Waals surface area contributed by atoms with Gasteiger partial charge in [-0.15, -0.1) is 0 Å². The zero-order chi connectivity index (χ0) is 14.3. The van der Waals surface area contributed by atoms with Gasteiger partial charge in [-0.2, -0.15) is 0 Å². The summed E-state index contributed by atoms with van der Waals surface area (Å²) in [6, 6.07) is 8.24. The van der Waals surface area contributed by atoms with Crippen LogP contribution in [0.1, 0.15) is 24.5 Å². The summed E-state index contributed by atoms with van der Waals surface area (Å²) in [5.41, 5.74) is 9.33. The number of anilines is 2. The molecule has 5 heteroatoms. The minimum atomic E-state index is 0.576. The van der Waals surface area contributed by atoms with E-state index in [1.807, 2.05) is 26.2 Å². The van der Waals surface area contributed by atoms with Gasteiger partial charge in [0.05, 0.1) is 9.26 Å². The molecule has 4 nitrogen and oxygen atoms in total. The Labute approximate surface area is 132 Å². The van der Waals surface area contributed by atoms with Gasteiger partial charge in [-0.05, 0) is 59.7 Å². The molecule has 2 aromatic rings. The minimum Gasteiger partial charge on any atom is -0.383 e. The van der Waals surface area contributed by atoms with Crippen molar-refractivity contribution < 1.29 is 0 Å². The van der Waals surface area contributed by atoms with Crippen molar-refractivity contribution in [3.63, 3.8) is 0 Å². The maximum absolute atomic E-state index is 6.04. The molecule has 104 valence electrons. The summed E-state index contributed by atoms with van der Waals surface area (Å²) in [4.78, 5) is 11.2. The van der Waals surface area contributed by atoms with Crippen LogP contribution in [0, 0.1) is 3.57 Å². The SMILES string of the molecule is CN(C)c1ccc(-c2nc(N)c(I)c(C3CC3)n2)cc1. The molecule has 0 spiro atoms. The van der Waals surface area contributed by atoms with Gasteiger partial charge in [-0.1, -0.05) is 0 Å². The van der Waals surface area contributed by atoms with E-state index in [0.717, 1.165) is 26.3 Å². The number of nitrogens with two attached hydrogens (primary N) is 1. The van der Waals surface area contributed by atoms with Crippen molar-refractivity contribution in [1.82, 2.24) is 9.97 Å². The zero-order valence-electron chi connectivity index (χ0n) is 11.6. The molecular weight excluding hydrogens is 363 g/mol. The Hall–Kier alpha value is -1.37. The van der Waals surface area contributed by atoms with Gasteiger partial charge in [0.25, 0.3) is 0 Å². The van der Waals surface area contributed by atoms with E-state index in [2.05, 4.69) is 44.6 Å². The normalized spacial score (nSPS) is 14.3. The highest BCUT2D eigenvalue weighted by Gasteiger charge is 2.29. The molecule has 0 bridgehead atoms. The maximum atomic E-state index is 6.04. The van der Waals surface area contributed by atoms with Crippen LogP contribution in [0.5, 0.6) is 0 Å². The Bertz CT molecular complexity index is 633. The van der Waals surface area contributed by atoms with Crippen molar-refractivity contribution in [2.24, 2.45) is 0 Å². The molecule has 1 aromatic heterocycles. The Kier molecular flexibility index (Phi) is 3.54. The number of halogens is 1. The van der Waals surface area contributed by atoms with E-state index in [1.165, 1.54) is 12.8 Å². The molecule has 1 heterocycles. The molecule has 2 N–H and O–H groups in total. The molecule has 1 fully saturated rings. The van der Waals surface area contributed by atoms with E-state index in [9.17, 15) is 0 Å². The molecule has 0 saturated heterocycles. The van der Waals surface area contributed by atoms with E-state index in [-0.39, 0.29) is 0 Å². The van der Waals surface area contributed by atoms with Gasteiger partial charge < -0.3 is 10.6 Å². The summed E-state index contributed by atoms with van der Waals surface area (Å²) in [6.45, 7) is 0. The first kappa shape index (κ1) is 13.6. The molecule has 0 radical (unpaired) electrons. The van der Waals surface area contributed by atoms with Crippen molar-refractivity contribution in [1.29, 1.82) is 0 Å². The number of aromatic nitrogens is 2. The van der Waals surface area contributed by atoms with Crippen LogP contribution in [-0.2, 0) is 0 Å². The first-order chi connectivity index (χ1) is 9.56. The first-order valence-electron chi connectivity index (χ1n) is 6.67. The lowest BCUT2D eigenvalue weighted by Gasteiger charge is -2.13. The smallest absolute Gasteiger partial charge is 0.161 e. The van der Waals surface area contributed by atoms with Crippen LogP contribution in [0.15, 0.2) is 24.3 Å². The van der Waals surface area contributed by atoms with Gasteiger partial charge in [-0.3, -0.25) is 0 Å². The van der Waals surface area contributed by atoms with Gasteiger partial charge in [0.2, 0.25) is 0 Å². The summed E-state index contributed by atoms with van der Waals surface area (Å²) in [5, 5.41) is 0. The van der Waals surface area contributed by atoms with Crippen LogP contribution in [-0.4, -0.2) is 24.1 Å². The number of benzene rings is 1. The summed E-state index contributed by atoms with van der Waals surface area (Å²) in [6.07, 6.45) is 2.43. The number of rotatable bonds is 3. The highest BCUT2D eigenvalue weighted by Crippen LogP contribution is 2.42. The Morgan fingerprint density at radius 3 is 2.35 bits per heavy atom. The number of hydrogen-bond donors (Lipinski definition) is 1. The Morgan fingerprint density at radius 1 is 1.15 bits per heavy atom. The number of hydrogen-bond acceptors (Lipinski definition) is 4. The van der Waals surface area contributed by atoms with Crippen LogP contribution >= 0.6 is 22.6 Å². The van der Waals surface area contributed by atoms with E-state index >= 15 is 0 Å². The van der Waals surface area contributed by atoms with E-state index < -0.39 is 0 Å². The lowest BCUT2D eigenvalue weighted by molar-refractivity contribution is 0.983. The minimum absolute atomic E-state index is 0.576. The highest BCUT2D eigenvalue weighted by molar-refractivity contribution is 14.1. The van der Waals surface area contributed by atoms with Crippen molar-refractivity contribution in [2.75, 3.05) is 24.7 Å². The molecule has 3 rings (SSSR count). The summed E-state index contributed by atoms with van der Waals surface area (Å²) in [5.74, 6) is 1.90. The Morgan fingerprint density at radius 2 is 1.80 bits per heavy atom. The molecule has 1 aliphatic carbocycles. The van der Waals surface area contributed by atoms with Crippen molar-refractivity contribution >= 4 is 34.1 Å². The third-order valence-corrected chi connectivity index (χ3v) is 4.61. The lowest BCUT2D eigenvalue weighted by Crippen LogP contribution is -2.08. The fourth-order valence-corrected chi connectivity index (χ4v) is 2.83. The second-order valence-corrected chi connectivity index (χ2v) is 6.43. The summed E-state index contributed by atoms with van der Waals surface area (Å²) in [7, 11) is 4.05. The predicted molar refractivity (Wildman–Crippen MR) is 90.9 cm³/mol. The molecule has 20 heavy (non-hydrogen) atoms.